The summed E-state index contributed by atoms with van der Waals surface area (Å²) in [6.45, 7) is 2.33. The van der Waals surface area contributed by atoms with Crippen LogP contribution in [0.4, 0.5) is 0 Å². The maximum Gasteiger partial charge on any atom is 0.128 e. The third-order valence-electron chi connectivity index (χ3n) is 3.73. The van der Waals surface area contributed by atoms with Crippen LogP contribution in [-0.4, -0.2) is 15.7 Å². The highest BCUT2D eigenvalue weighted by atomic mass is 32.2. The normalized spacial score (nSPS) is 17.9. The minimum atomic E-state index is 0.625. The summed E-state index contributed by atoms with van der Waals surface area (Å²) in [5, 5.41) is 11.0. The fourth-order valence-corrected chi connectivity index (χ4v) is 5.06. The monoisotopic (exact) mass is 303 g/mol. The van der Waals surface area contributed by atoms with E-state index in [1.165, 1.54) is 28.7 Å². The van der Waals surface area contributed by atoms with Crippen molar-refractivity contribution in [2.75, 3.05) is 5.75 Å². The van der Waals surface area contributed by atoms with Gasteiger partial charge in [-0.05, 0) is 37.2 Å². The number of hydrogen-bond donors (Lipinski definition) is 0. The summed E-state index contributed by atoms with van der Waals surface area (Å²) in [4.78, 5) is 11.6. The van der Waals surface area contributed by atoms with Crippen LogP contribution in [0.5, 0.6) is 0 Å². The molecule has 0 aromatic carbocycles. The van der Waals surface area contributed by atoms with Crippen LogP contribution in [0.2, 0.25) is 0 Å². The summed E-state index contributed by atoms with van der Waals surface area (Å²) in [5.41, 5.74) is 1.49. The lowest BCUT2D eigenvalue weighted by atomic mass is 9.89. The molecule has 0 N–H and O–H groups in total. The van der Waals surface area contributed by atoms with Crippen molar-refractivity contribution < 1.29 is 0 Å². The highest BCUT2D eigenvalue weighted by Crippen LogP contribution is 2.40. The molecule has 20 heavy (non-hydrogen) atoms. The molecule has 0 spiro atoms. The molecule has 1 atom stereocenters. The van der Waals surface area contributed by atoms with Gasteiger partial charge >= 0.3 is 0 Å². The number of nitriles is 1. The van der Waals surface area contributed by atoms with Gasteiger partial charge in [-0.2, -0.15) is 5.26 Å². The average Bonchev–Trinajstić information content (AvgIpc) is 2.81. The maximum atomic E-state index is 8.60. The van der Waals surface area contributed by atoms with Gasteiger partial charge in [0.1, 0.15) is 16.2 Å². The molecule has 0 bridgehead atoms. The molecule has 0 fully saturated rings. The molecular formula is C15H17N3S2. The van der Waals surface area contributed by atoms with Crippen molar-refractivity contribution in [3.05, 3.63) is 16.8 Å². The van der Waals surface area contributed by atoms with Crippen molar-refractivity contribution in [2.24, 2.45) is 5.92 Å². The van der Waals surface area contributed by atoms with Gasteiger partial charge in [-0.3, -0.25) is 0 Å². The minimum absolute atomic E-state index is 0.625. The van der Waals surface area contributed by atoms with Crippen molar-refractivity contribution in [2.45, 2.75) is 44.1 Å². The van der Waals surface area contributed by atoms with Crippen LogP contribution in [-0.2, 0) is 12.8 Å². The minimum Gasteiger partial charge on any atom is -0.229 e. The average molecular weight is 303 g/mol. The fraction of sp³-hybridized carbons (Fsp3) is 0.533. The first kappa shape index (κ1) is 13.8. The van der Waals surface area contributed by atoms with Crippen molar-refractivity contribution in [3.63, 3.8) is 0 Å². The first-order chi connectivity index (χ1) is 9.79. The number of hydrogen-bond acceptors (Lipinski definition) is 5. The van der Waals surface area contributed by atoms with E-state index < -0.39 is 0 Å². The lowest BCUT2D eigenvalue weighted by molar-refractivity contribution is 0.509. The standard InChI is InChI=1S/C15H17N3S2/c1-10-4-5-11-12(8-10)20-15-13(11)14(17-9-18-15)19-7-3-2-6-16/h9-10H,2-5,7-8H2,1H3/t10-/m1/s1. The smallest absolute Gasteiger partial charge is 0.128 e. The topological polar surface area (TPSA) is 49.6 Å². The van der Waals surface area contributed by atoms with Gasteiger partial charge in [0, 0.05) is 22.4 Å². The van der Waals surface area contributed by atoms with E-state index in [4.69, 9.17) is 5.26 Å². The largest absolute Gasteiger partial charge is 0.229 e. The zero-order chi connectivity index (χ0) is 13.9. The number of thioether (sulfide) groups is 1. The predicted molar refractivity (Wildman–Crippen MR) is 84.2 cm³/mol. The summed E-state index contributed by atoms with van der Waals surface area (Å²) in [5.74, 6) is 1.75. The number of unbranched alkanes of at least 4 members (excludes halogenated alkanes) is 1. The van der Waals surface area contributed by atoms with Crippen molar-refractivity contribution in [1.29, 1.82) is 5.26 Å². The van der Waals surface area contributed by atoms with Gasteiger partial charge in [0.05, 0.1) is 6.07 Å². The fourth-order valence-electron chi connectivity index (χ4n) is 2.68. The van der Waals surface area contributed by atoms with Gasteiger partial charge < -0.3 is 0 Å². The number of aryl methyl sites for hydroxylation is 1. The van der Waals surface area contributed by atoms with E-state index in [1.807, 2.05) is 11.3 Å². The van der Waals surface area contributed by atoms with Crippen molar-refractivity contribution >= 4 is 33.3 Å². The molecule has 2 aromatic rings. The Balaban J connectivity index is 1.91. The molecule has 0 amide bonds. The number of nitrogens with zero attached hydrogens (tertiary/aromatic N) is 3. The Kier molecular flexibility index (Phi) is 4.23. The van der Waals surface area contributed by atoms with E-state index >= 15 is 0 Å². The van der Waals surface area contributed by atoms with Crippen LogP contribution in [0.25, 0.3) is 10.2 Å². The molecule has 104 valence electrons. The third-order valence-corrected chi connectivity index (χ3v) is 5.97. The molecule has 5 heteroatoms. The molecule has 0 saturated heterocycles. The van der Waals surface area contributed by atoms with E-state index in [0.717, 1.165) is 34.4 Å². The highest BCUT2D eigenvalue weighted by molar-refractivity contribution is 7.99. The second kappa shape index (κ2) is 6.11. The molecule has 3 nitrogen and oxygen atoms in total. The number of thiophene rings is 1. The number of aromatic nitrogens is 2. The number of rotatable bonds is 4. The Morgan fingerprint density at radius 2 is 2.40 bits per heavy atom. The zero-order valence-electron chi connectivity index (χ0n) is 11.6. The summed E-state index contributed by atoms with van der Waals surface area (Å²) in [7, 11) is 0. The molecule has 0 unspecified atom stereocenters. The maximum absolute atomic E-state index is 8.60. The summed E-state index contributed by atoms with van der Waals surface area (Å²) in [6.07, 6.45) is 6.85. The summed E-state index contributed by atoms with van der Waals surface area (Å²) < 4.78 is 0. The highest BCUT2D eigenvalue weighted by Gasteiger charge is 2.22. The van der Waals surface area contributed by atoms with Crippen LogP contribution in [0.1, 0.15) is 36.6 Å². The molecule has 0 radical (unpaired) electrons. The molecule has 0 saturated carbocycles. The van der Waals surface area contributed by atoms with Gasteiger partial charge in [-0.1, -0.05) is 6.92 Å². The molecule has 1 aliphatic rings. The van der Waals surface area contributed by atoms with Crippen LogP contribution in [0.3, 0.4) is 0 Å². The summed E-state index contributed by atoms with van der Waals surface area (Å²) in [6, 6.07) is 2.20. The lowest BCUT2D eigenvalue weighted by Crippen LogP contribution is -2.08. The first-order valence-corrected chi connectivity index (χ1v) is 8.84. The van der Waals surface area contributed by atoms with E-state index in [9.17, 15) is 0 Å². The zero-order valence-corrected chi connectivity index (χ0v) is 13.2. The Bertz CT molecular complexity index is 657. The lowest BCUT2D eigenvalue weighted by Gasteiger charge is -2.18. The van der Waals surface area contributed by atoms with Gasteiger partial charge in [-0.15, -0.1) is 23.1 Å². The number of fused-ring (bicyclic) bond motifs is 3. The van der Waals surface area contributed by atoms with E-state index in [-0.39, 0.29) is 0 Å². The second-order valence-corrected chi connectivity index (χ2v) is 7.49. The van der Waals surface area contributed by atoms with Crippen LogP contribution < -0.4 is 0 Å². The van der Waals surface area contributed by atoms with Crippen LogP contribution in [0.15, 0.2) is 11.4 Å². The Labute approximate surface area is 127 Å². The Hall–Kier alpha value is -1.12. The van der Waals surface area contributed by atoms with Gasteiger partial charge in [0.2, 0.25) is 0 Å². The Morgan fingerprint density at radius 1 is 1.50 bits per heavy atom. The van der Waals surface area contributed by atoms with Crippen LogP contribution >= 0.6 is 23.1 Å². The molecule has 1 aliphatic carbocycles. The van der Waals surface area contributed by atoms with Gasteiger partial charge in [-0.25, -0.2) is 9.97 Å². The van der Waals surface area contributed by atoms with Gasteiger partial charge in [0.25, 0.3) is 0 Å². The van der Waals surface area contributed by atoms with E-state index in [1.54, 1.807) is 18.1 Å². The molecule has 0 aliphatic heterocycles. The van der Waals surface area contributed by atoms with Crippen molar-refractivity contribution in [3.8, 4) is 6.07 Å². The molecule has 2 aromatic heterocycles. The van der Waals surface area contributed by atoms with Crippen molar-refractivity contribution in [1.82, 2.24) is 9.97 Å². The quantitative estimate of drug-likeness (QED) is 0.482. The predicted octanol–water partition coefficient (Wildman–Crippen LogP) is 4.21. The van der Waals surface area contributed by atoms with E-state index in [0.29, 0.717) is 6.42 Å². The first-order valence-electron chi connectivity index (χ1n) is 7.04. The summed E-state index contributed by atoms with van der Waals surface area (Å²) >= 11 is 3.62. The van der Waals surface area contributed by atoms with E-state index in [2.05, 4.69) is 23.0 Å². The third kappa shape index (κ3) is 2.68. The Morgan fingerprint density at radius 3 is 3.25 bits per heavy atom. The van der Waals surface area contributed by atoms with Crippen LogP contribution in [0, 0.1) is 17.2 Å². The van der Waals surface area contributed by atoms with Gasteiger partial charge in [0.15, 0.2) is 0 Å². The SMILES string of the molecule is C[C@@H]1CCc2c(sc3ncnc(SCCCC#N)c23)C1. The molecule has 3 rings (SSSR count). The molecule has 2 heterocycles. The second-order valence-electron chi connectivity index (χ2n) is 5.32. The molecular weight excluding hydrogens is 286 g/mol.